The second-order valence-corrected chi connectivity index (χ2v) is 4.89. The van der Waals surface area contributed by atoms with Crippen LogP contribution in [0.25, 0.3) is 10.9 Å². The number of aromatic nitrogens is 1. The number of hydrogen-bond acceptors (Lipinski definition) is 3. The van der Waals surface area contributed by atoms with Gasteiger partial charge in [-0.15, -0.1) is 0 Å². The van der Waals surface area contributed by atoms with Gasteiger partial charge in [0.15, 0.2) is 0 Å². The van der Waals surface area contributed by atoms with Gasteiger partial charge in [0.05, 0.1) is 5.52 Å². The highest BCUT2D eigenvalue weighted by atomic mass is 16.3. The number of pyridine rings is 1. The maximum absolute atomic E-state index is 9.51. The summed E-state index contributed by atoms with van der Waals surface area (Å²) in [6.07, 6.45) is 1.81. The quantitative estimate of drug-likeness (QED) is 0.706. The van der Waals surface area contributed by atoms with Crippen LogP contribution in [0.1, 0.15) is 11.1 Å². The number of anilines is 1. The molecule has 3 rings (SSSR count). The third kappa shape index (κ3) is 2.57. The smallest absolute Gasteiger partial charge is 0.118 e. The van der Waals surface area contributed by atoms with Crippen LogP contribution in [0.4, 0.5) is 5.69 Å². The van der Waals surface area contributed by atoms with E-state index in [4.69, 9.17) is 0 Å². The van der Waals surface area contributed by atoms with Crippen molar-refractivity contribution >= 4 is 16.6 Å². The van der Waals surface area contributed by atoms with Crippen molar-refractivity contribution in [1.29, 1.82) is 0 Å². The van der Waals surface area contributed by atoms with Gasteiger partial charge in [-0.3, -0.25) is 4.98 Å². The average Bonchev–Trinajstić information content (AvgIpc) is 2.48. The number of hydrogen-bond donors (Lipinski definition) is 2. The lowest BCUT2D eigenvalue weighted by Crippen LogP contribution is -1.99. The van der Waals surface area contributed by atoms with Crippen LogP contribution in [0, 0.1) is 6.92 Å². The largest absolute Gasteiger partial charge is 0.508 e. The first kappa shape index (κ1) is 12.5. The highest BCUT2D eigenvalue weighted by molar-refractivity contribution is 5.79. The zero-order chi connectivity index (χ0) is 13.9. The first-order valence-electron chi connectivity index (χ1n) is 6.59. The molecule has 0 amide bonds. The third-order valence-corrected chi connectivity index (χ3v) is 3.36. The average molecular weight is 264 g/mol. The molecule has 100 valence electrons. The van der Waals surface area contributed by atoms with E-state index in [0.717, 1.165) is 28.7 Å². The molecule has 0 saturated carbocycles. The summed E-state index contributed by atoms with van der Waals surface area (Å²) in [5, 5.41) is 14.0. The van der Waals surface area contributed by atoms with Crippen LogP contribution < -0.4 is 5.32 Å². The summed E-state index contributed by atoms with van der Waals surface area (Å²) in [6, 6.07) is 15.8. The van der Waals surface area contributed by atoms with Gasteiger partial charge in [-0.1, -0.05) is 12.1 Å². The van der Waals surface area contributed by atoms with E-state index < -0.39 is 0 Å². The predicted octanol–water partition coefficient (Wildman–Crippen LogP) is 3.86. The molecule has 0 aliphatic rings. The van der Waals surface area contributed by atoms with E-state index in [1.807, 2.05) is 31.2 Å². The summed E-state index contributed by atoms with van der Waals surface area (Å²) < 4.78 is 0. The van der Waals surface area contributed by atoms with Gasteiger partial charge >= 0.3 is 0 Å². The van der Waals surface area contributed by atoms with Crippen LogP contribution in [-0.4, -0.2) is 10.1 Å². The molecule has 3 nitrogen and oxygen atoms in total. The van der Waals surface area contributed by atoms with Crippen LogP contribution in [0.15, 0.2) is 54.7 Å². The Hall–Kier alpha value is -2.55. The van der Waals surface area contributed by atoms with Gasteiger partial charge in [0, 0.05) is 23.8 Å². The lowest BCUT2D eigenvalue weighted by molar-refractivity contribution is 0.471. The van der Waals surface area contributed by atoms with E-state index in [1.165, 1.54) is 5.56 Å². The molecule has 0 spiro atoms. The monoisotopic (exact) mass is 264 g/mol. The Balaban J connectivity index is 1.77. The Bertz CT molecular complexity index is 753. The van der Waals surface area contributed by atoms with Crippen molar-refractivity contribution in [3.63, 3.8) is 0 Å². The molecule has 20 heavy (non-hydrogen) atoms. The lowest BCUT2D eigenvalue weighted by atomic mass is 10.1. The van der Waals surface area contributed by atoms with Crippen LogP contribution in [0.3, 0.4) is 0 Å². The molecule has 0 radical (unpaired) electrons. The van der Waals surface area contributed by atoms with Gasteiger partial charge in [-0.05, 0) is 54.4 Å². The third-order valence-electron chi connectivity index (χ3n) is 3.36. The van der Waals surface area contributed by atoms with Crippen molar-refractivity contribution in [3.8, 4) is 5.75 Å². The second-order valence-electron chi connectivity index (χ2n) is 4.89. The first-order valence-corrected chi connectivity index (χ1v) is 6.59. The van der Waals surface area contributed by atoms with Crippen LogP contribution >= 0.6 is 0 Å². The fourth-order valence-electron chi connectivity index (χ4n) is 2.20. The number of aromatic hydroxyl groups is 1. The van der Waals surface area contributed by atoms with E-state index in [1.54, 1.807) is 12.3 Å². The molecular weight excluding hydrogens is 248 g/mol. The van der Waals surface area contributed by atoms with Gasteiger partial charge in [-0.25, -0.2) is 0 Å². The van der Waals surface area contributed by atoms with Gasteiger partial charge in [0.2, 0.25) is 0 Å². The molecule has 2 N–H and O–H groups in total. The SMILES string of the molecule is Cc1cc(NCc2ccc3ncccc3c2)ccc1O. The first-order chi connectivity index (χ1) is 9.72. The Kier molecular flexibility index (Phi) is 3.25. The number of rotatable bonds is 3. The zero-order valence-corrected chi connectivity index (χ0v) is 11.3. The van der Waals surface area contributed by atoms with Gasteiger partial charge in [0.1, 0.15) is 5.75 Å². The number of fused-ring (bicyclic) bond motifs is 1. The maximum atomic E-state index is 9.51. The number of nitrogens with zero attached hydrogens (tertiary/aromatic N) is 1. The van der Waals surface area contributed by atoms with E-state index in [0.29, 0.717) is 5.75 Å². The van der Waals surface area contributed by atoms with Crippen molar-refractivity contribution in [2.45, 2.75) is 13.5 Å². The fourth-order valence-corrected chi connectivity index (χ4v) is 2.20. The summed E-state index contributed by atoms with van der Waals surface area (Å²) in [5.41, 5.74) is 4.09. The summed E-state index contributed by atoms with van der Waals surface area (Å²) >= 11 is 0. The molecule has 0 unspecified atom stereocenters. The molecule has 3 aromatic rings. The van der Waals surface area contributed by atoms with Crippen LogP contribution in [-0.2, 0) is 6.54 Å². The summed E-state index contributed by atoms with van der Waals surface area (Å²) in [5.74, 6) is 0.326. The predicted molar refractivity (Wildman–Crippen MR) is 81.9 cm³/mol. The minimum absolute atomic E-state index is 0.326. The van der Waals surface area contributed by atoms with E-state index >= 15 is 0 Å². The molecule has 0 aliphatic carbocycles. The number of phenolic OH excluding ortho intramolecular Hbond substituents is 1. The molecule has 2 aromatic carbocycles. The Morgan fingerprint density at radius 3 is 2.85 bits per heavy atom. The summed E-state index contributed by atoms with van der Waals surface area (Å²) in [4.78, 5) is 4.31. The molecular formula is C17H16N2O. The molecule has 0 atom stereocenters. The fraction of sp³-hybridized carbons (Fsp3) is 0.118. The normalized spacial score (nSPS) is 10.7. The number of benzene rings is 2. The minimum Gasteiger partial charge on any atom is -0.508 e. The van der Waals surface area contributed by atoms with E-state index in [9.17, 15) is 5.11 Å². The molecule has 0 fully saturated rings. The topological polar surface area (TPSA) is 45.2 Å². The Labute approximate surface area is 117 Å². The summed E-state index contributed by atoms with van der Waals surface area (Å²) in [7, 11) is 0. The maximum Gasteiger partial charge on any atom is 0.118 e. The number of nitrogens with one attached hydrogen (secondary N) is 1. The van der Waals surface area contributed by atoms with Gasteiger partial charge < -0.3 is 10.4 Å². The highest BCUT2D eigenvalue weighted by Gasteiger charge is 2.00. The lowest BCUT2D eigenvalue weighted by Gasteiger charge is -2.09. The van der Waals surface area contributed by atoms with E-state index in [-0.39, 0.29) is 0 Å². The number of phenols is 1. The van der Waals surface area contributed by atoms with Crippen molar-refractivity contribution in [2.24, 2.45) is 0 Å². The molecule has 0 saturated heterocycles. The number of aryl methyl sites for hydroxylation is 1. The molecule has 1 aromatic heterocycles. The highest BCUT2D eigenvalue weighted by Crippen LogP contribution is 2.21. The molecule has 0 bridgehead atoms. The summed E-state index contributed by atoms with van der Waals surface area (Å²) in [6.45, 7) is 2.64. The molecule has 0 aliphatic heterocycles. The standard InChI is InChI=1S/C17H16N2O/c1-12-9-15(5-7-17(12)20)19-11-13-4-6-16-14(10-13)3-2-8-18-16/h2-10,19-20H,11H2,1H3. The van der Waals surface area contributed by atoms with Crippen molar-refractivity contribution in [1.82, 2.24) is 4.98 Å². The molecule has 1 heterocycles. The Morgan fingerprint density at radius 2 is 2.00 bits per heavy atom. The second kappa shape index (κ2) is 5.21. The van der Waals surface area contributed by atoms with Crippen LogP contribution in [0.2, 0.25) is 0 Å². The van der Waals surface area contributed by atoms with Crippen LogP contribution in [0.5, 0.6) is 5.75 Å². The van der Waals surface area contributed by atoms with Crippen molar-refractivity contribution in [3.05, 3.63) is 65.9 Å². The van der Waals surface area contributed by atoms with Gasteiger partial charge in [-0.2, -0.15) is 0 Å². The minimum atomic E-state index is 0.326. The molecule has 3 heteroatoms. The van der Waals surface area contributed by atoms with Crippen molar-refractivity contribution in [2.75, 3.05) is 5.32 Å². The van der Waals surface area contributed by atoms with Crippen molar-refractivity contribution < 1.29 is 5.11 Å². The van der Waals surface area contributed by atoms with Gasteiger partial charge in [0.25, 0.3) is 0 Å². The Morgan fingerprint density at radius 1 is 1.10 bits per heavy atom. The zero-order valence-electron chi connectivity index (χ0n) is 11.3. The van der Waals surface area contributed by atoms with E-state index in [2.05, 4.69) is 28.5 Å².